The standard InChI is InChI=1S/C8H13NO/c1-2-7-4-3-5-8(10)6-9-7/h3,5,7,9H,2,4,6H2,1H3. The number of hydrogen-bond donors (Lipinski definition) is 1. The molecule has 0 saturated carbocycles. The summed E-state index contributed by atoms with van der Waals surface area (Å²) < 4.78 is 0. The molecule has 0 aromatic rings. The van der Waals surface area contributed by atoms with Crippen LogP contribution in [0.2, 0.25) is 0 Å². The Balaban J connectivity index is 2.44. The number of rotatable bonds is 1. The second kappa shape index (κ2) is 3.52. The Morgan fingerprint density at radius 3 is 3.30 bits per heavy atom. The average molecular weight is 139 g/mol. The number of ketones is 1. The highest BCUT2D eigenvalue weighted by molar-refractivity contribution is 5.91. The lowest BCUT2D eigenvalue weighted by Gasteiger charge is -2.10. The minimum atomic E-state index is 0.191. The Morgan fingerprint density at radius 2 is 2.60 bits per heavy atom. The third-order valence-electron chi connectivity index (χ3n) is 1.78. The number of nitrogens with one attached hydrogen (secondary N) is 1. The second-order valence-corrected chi connectivity index (χ2v) is 2.59. The molecule has 1 unspecified atom stereocenters. The molecular weight excluding hydrogens is 126 g/mol. The van der Waals surface area contributed by atoms with E-state index in [2.05, 4.69) is 12.2 Å². The van der Waals surface area contributed by atoms with Gasteiger partial charge in [-0.2, -0.15) is 0 Å². The number of carbonyl (C=O) groups excluding carboxylic acids is 1. The van der Waals surface area contributed by atoms with E-state index in [0.29, 0.717) is 12.6 Å². The van der Waals surface area contributed by atoms with Crippen molar-refractivity contribution in [2.45, 2.75) is 25.8 Å². The molecule has 1 aliphatic heterocycles. The Labute approximate surface area is 61.3 Å². The van der Waals surface area contributed by atoms with Crippen LogP contribution in [-0.2, 0) is 4.79 Å². The molecule has 0 bridgehead atoms. The zero-order valence-electron chi connectivity index (χ0n) is 6.26. The molecule has 1 atom stereocenters. The van der Waals surface area contributed by atoms with Crippen molar-refractivity contribution in [1.29, 1.82) is 0 Å². The van der Waals surface area contributed by atoms with E-state index in [1.165, 1.54) is 0 Å². The average Bonchev–Trinajstić information content (AvgIpc) is 2.14. The van der Waals surface area contributed by atoms with Crippen molar-refractivity contribution in [1.82, 2.24) is 5.32 Å². The number of hydrogen-bond acceptors (Lipinski definition) is 2. The predicted molar refractivity (Wildman–Crippen MR) is 40.8 cm³/mol. The highest BCUT2D eigenvalue weighted by Gasteiger charge is 2.08. The third-order valence-corrected chi connectivity index (χ3v) is 1.78. The fraction of sp³-hybridized carbons (Fsp3) is 0.625. The van der Waals surface area contributed by atoms with Crippen LogP contribution in [0.3, 0.4) is 0 Å². The van der Waals surface area contributed by atoms with Gasteiger partial charge in [0.05, 0.1) is 6.54 Å². The van der Waals surface area contributed by atoms with Crippen molar-refractivity contribution >= 4 is 5.78 Å². The molecule has 0 radical (unpaired) electrons. The smallest absolute Gasteiger partial charge is 0.169 e. The Hall–Kier alpha value is -0.630. The molecule has 0 aromatic heterocycles. The zero-order valence-corrected chi connectivity index (χ0v) is 6.26. The lowest BCUT2D eigenvalue weighted by atomic mass is 10.1. The van der Waals surface area contributed by atoms with Crippen LogP contribution in [-0.4, -0.2) is 18.4 Å². The summed E-state index contributed by atoms with van der Waals surface area (Å²) in [5.74, 6) is 0.191. The van der Waals surface area contributed by atoms with Crippen molar-refractivity contribution in [2.24, 2.45) is 0 Å². The maximum absolute atomic E-state index is 10.8. The van der Waals surface area contributed by atoms with Gasteiger partial charge in [-0.3, -0.25) is 4.79 Å². The van der Waals surface area contributed by atoms with Gasteiger partial charge < -0.3 is 5.32 Å². The molecular formula is C8H13NO. The predicted octanol–water partition coefficient (Wildman–Crippen LogP) is 0.884. The first-order valence-electron chi connectivity index (χ1n) is 3.75. The van der Waals surface area contributed by atoms with Gasteiger partial charge >= 0.3 is 0 Å². The van der Waals surface area contributed by atoms with Crippen LogP contribution in [0.4, 0.5) is 0 Å². The molecule has 0 spiro atoms. The van der Waals surface area contributed by atoms with E-state index in [4.69, 9.17) is 0 Å². The van der Waals surface area contributed by atoms with Gasteiger partial charge in [0.15, 0.2) is 5.78 Å². The van der Waals surface area contributed by atoms with E-state index >= 15 is 0 Å². The van der Waals surface area contributed by atoms with Gasteiger partial charge in [-0.15, -0.1) is 0 Å². The van der Waals surface area contributed by atoms with Crippen LogP contribution >= 0.6 is 0 Å². The SMILES string of the molecule is CCC1CC=CC(=O)CN1. The molecule has 1 heterocycles. The molecule has 2 nitrogen and oxygen atoms in total. The highest BCUT2D eigenvalue weighted by Crippen LogP contribution is 2.01. The van der Waals surface area contributed by atoms with Crippen molar-refractivity contribution in [3.8, 4) is 0 Å². The summed E-state index contributed by atoms with van der Waals surface area (Å²) in [5.41, 5.74) is 0. The van der Waals surface area contributed by atoms with Gasteiger partial charge in [0.25, 0.3) is 0 Å². The summed E-state index contributed by atoms with van der Waals surface area (Å²) in [4.78, 5) is 10.8. The first-order chi connectivity index (χ1) is 4.83. The van der Waals surface area contributed by atoms with E-state index in [1.54, 1.807) is 6.08 Å². The van der Waals surface area contributed by atoms with Crippen LogP contribution in [0, 0.1) is 0 Å². The van der Waals surface area contributed by atoms with E-state index < -0.39 is 0 Å². The molecule has 0 aromatic carbocycles. The topological polar surface area (TPSA) is 29.1 Å². The van der Waals surface area contributed by atoms with Gasteiger partial charge in [0, 0.05) is 6.04 Å². The van der Waals surface area contributed by atoms with Gasteiger partial charge in [0.2, 0.25) is 0 Å². The minimum absolute atomic E-state index is 0.191. The fourth-order valence-electron chi connectivity index (χ4n) is 1.06. The normalized spacial score (nSPS) is 26.5. The van der Waals surface area contributed by atoms with Crippen LogP contribution in [0.5, 0.6) is 0 Å². The summed E-state index contributed by atoms with van der Waals surface area (Å²) in [6.07, 6.45) is 5.71. The molecule has 1 aliphatic rings. The van der Waals surface area contributed by atoms with Crippen molar-refractivity contribution < 1.29 is 4.79 Å². The largest absolute Gasteiger partial charge is 0.307 e. The monoisotopic (exact) mass is 139 g/mol. The van der Waals surface area contributed by atoms with E-state index in [0.717, 1.165) is 12.8 Å². The summed E-state index contributed by atoms with van der Waals surface area (Å²) >= 11 is 0. The maximum atomic E-state index is 10.8. The van der Waals surface area contributed by atoms with Gasteiger partial charge in [-0.1, -0.05) is 13.0 Å². The van der Waals surface area contributed by atoms with Crippen LogP contribution in [0.15, 0.2) is 12.2 Å². The lowest BCUT2D eigenvalue weighted by Crippen LogP contribution is -2.30. The molecule has 0 fully saturated rings. The molecule has 0 aliphatic carbocycles. The summed E-state index contributed by atoms with van der Waals surface area (Å²) in [7, 11) is 0. The van der Waals surface area contributed by atoms with Crippen LogP contribution in [0.25, 0.3) is 0 Å². The molecule has 0 amide bonds. The molecule has 10 heavy (non-hydrogen) atoms. The lowest BCUT2D eigenvalue weighted by molar-refractivity contribution is -0.113. The summed E-state index contributed by atoms with van der Waals surface area (Å²) in [6, 6.07) is 0.502. The molecule has 1 rings (SSSR count). The van der Waals surface area contributed by atoms with Crippen LogP contribution in [0.1, 0.15) is 19.8 Å². The summed E-state index contributed by atoms with van der Waals surface area (Å²) in [6.45, 7) is 2.64. The third kappa shape index (κ3) is 1.95. The quantitative estimate of drug-likeness (QED) is 0.584. The Morgan fingerprint density at radius 1 is 1.80 bits per heavy atom. The Bertz CT molecular complexity index is 151. The fourth-order valence-corrected chi connectivity index (χ4v) is 1.06. The maximum Gasteiger partial charge on any atom is 0.169 e. The van der Waals surface area contributed by atoms with Gasteiger partial charge in [0.1, 0.15) is 0 Å². The minimum Gasteiger partial charge on any atom is -0.307 e. The molecule has 1 N–H and O–H groups in total. The van der Waals surface area contributed by atoms with Gasteiger partial charge in [-0.25, -0.2) is 0 Å². The Kier molecular flexibility index (Phi) is 2.63. The first kappa shape index (κ1) is 7.48. The molecule has 2 heteroatoms. The van der Waals surface area contributed by atoms with E-state index in [9.17, 15) is 4.79 Å². The van der Waals surface area contributed by atoms with Crippen molar-refractivity contribution in [2.75, 3.05) is 6.54 Å². The second-order valence-electron chi connectivity index (χ2n) is 2.59. The first-order valence-corrected chi connectivity index (χ1v) is 3.75. The number of carbonyl (C=O) groups is 1. The highest BCUT2D eigenvalue weighted by atomic mass is 16.1. The molecule has 56 valence electrons. The van der Waals surface area contributed by atoms with E-state index in [1.807, 2.05) is 6.08 Å². The molecule has 0 saturated heterocycles. The van der Waals surface area contributed by atoms with Crippen molar-refractivity contribution in [3.63, 3.8) is 0 Å². The zero-order chi connectivity index (χ0) is 7.40. The van der Waals surface area contributed by atoms with Gasteiger partial charge in [-0.05, 0) is 18.9 Å². The van der Waals surface area contributed by atoms with Crippen molar-refractivity contribution in [3.05, 3.63) is 12.2 Å². The summed E-state index contributed by atoms with van der Waals surface area (Å²) in [5, 5.41) is 3.17. The van der Waals surface area contributed by atoms with E-state index in [-0.39, 0.29) is 5.78 Å². The van der Waals surface area contributed by atoms with Crippen LogP contribution < -0.4 is 5.32 Å².